The molecule has 0 saturated heterocycles. The molecule has 5 nitrogen and oxygen atoms in total. The van der Waals surface area contributed by atoms with Crippen molar-refractivity contribution in [2.24, 2.45) is 0 Å². The van der Waals surface area contributed by atoms with Crippen molar-refractivity contribution in [3.8, 4) is 5.75 Å². The molecule has 0 aliphatic carbocycles. The Kier molecular flexibility index (Phi) is 6.05. The topological polar surface area (TPSA) is 63.2 Å². The lowest BCUT2D eigenvalue weighted by molar-refractivity contribution is 0.102. The number of nitrogens with zero attached hydrogens (tertiary/aromatic N) is 1. The van der Waals surface area contributed by atoms with Gasteiger partial charge in [0.05, 0.1) is 24.1 Å². The number of hydrogen-bond acceptors (Lipinski definition) is 4. The zero-order chi connectivity index (χ0) is 19.1. The second-order valence-corrected chi connectivity index (χ2v) is 6.05. The van der Waals surface area contributed by atoms with E-state index in [-0.39, 0.29) is 5.91 Å². The maximum Gasteiger partial charge on any atom is 0.257 e. The van der Waals surface area contributed by atoms with E-state index in [1.165, 1.54) is 5.56 Å². The van der Waals surface area contributed by atoms with Crippen LogP contribution in [0.15, 0.2) is 67.0 Å². The summed E-state index contributed by atoms with van der Waals surface area (Å²) in [4.78, 5) is 16.7. The van der Waals surface area contributed by atoms with Gasteiger partial charge in [0, 0.05) is 17.6 Å². The number of aryl methyl sites for hydroxylation is 1. The maximum absolute atomic E-state index is 12.5. The lowest BCUT2D eigenvalue weighted by Gasteiger charge is -2.10. The fourth-order valence-corrected chi connectivity index (χ4v) is 2.63. The number of carbonyl (C=O) groups is 1. The Bertz CT molecular complexity index is 890. The van der Waals surface area contributed by atoms with Crippen LogP contribution >= 0.6 is 0 Å². The van der Waals surface area contributed by atoms with Crippen LogP contribution in [0, 0.1) is 0 Å². The average molecular weight is 361 g/mol. The number of nitrogens with one attached hydrogen (secondary N) is 2. The molecule has 0 bridgehead atoms. The third-order valence-corrected chi connectivity index (χ3v) is 4.07. The van der Waals surface area contributed by atoms with Gasteiger partial charge < -0.3 is 15.4 Å². The lowest BCUT2D eigenvalue weighted by atomic mass is 10.1. The predicted octanol–water partition coefficient (Wildman–Crippen LogP) is 5.04. The Morgan fingerprint density at radius 2 is 1.63 bits per heavy atom. The molecule has 0 atom stereocenters. The molecule has 5 heteroatoms. The minimum absolute atomic E-state index is 0.193. The highest BCUT2D eigenvalue weighted by atomic mass is 16.5. The predicted molar refractivity (Wildman–Crippen MR) is 109 cm³/mol. The zero-order valence-corrected chi connectivity index (χ0v) is 15.5. The lowest BCUT2D eigenvalue weighted by Crippen LogP contribution is -2.12. The van der Waals surface area contributed by atoms with Gasteiger partial charge in [-0.15, -0.1) is 0 Å². The van der Waals surface area contributed by atoms with Crippen LogP contribution in [0.25, 0.3) is 0 Å². The minimum atomic E-state index is -0.193. The summed E-state index contributed by atoms with van der Waals surface area (Å²) >= 11 is 0. The van der Waals surface area contributed by atoms with E-state index in [1.54, 1.807) is 18.5 Å². The maximum atomic E-state index is 12.5. The van der Waals surface area contributed by atoms with Crippen molar-refractivity contribution in [2.45, 2.75) is 20.3 Å². The quantitative estimate of drug-likeness (QED) is 0.619. The fraction of sp³-hybridized carbons (Fsp3) is 0.182. The molecule has 0 spiro atoms. The molecule has 1 heterocycles. The Hall–Kier alpha value is -3.34. The summed E-state index contributed by atoms with van der Waals surface area (Å²) in [6.45, 7) is 4.68. The van der Waals surface area contributed by atoms with Gasteiger partial charge in [-0.05, 0) is 61.4 Å². The van der Waals surface area contributed by atoms with Crippen molar-refractivity contribution in [1.82, 2.24) is 4.98 Å². The molecule has 2 aromatic carbocycles. The Labute approximate surface area is 159 Å². The van der Waals surface area contributed by atoms with Crippen LogP contribution in [0.4, 0.5) is 17.1 Å². The first-order valence-electron chi connectivity index (χ1n) is 9.03. The number of ether oxygens (including phenoxy) is 1. The zero-order valence-electron chi connectivity index (χ0n) is 15.5. The molecule has 0 saturated carbocycles. The number of benzene rings is 2. The standard InChI is InChI=1S/C22H23N3O2/c1-3-16-5-7-19(8-6-16)25-22(26)17-13-20(15-23-14-17)24-18-9-11-21(12-10-18)27-4-2/h5-15,24H,3-4H2,1-2H3,(H,25,26). The van der Waals surface area contributed by atoms with Gasteiger partial charge in [0.25, 0.3) is 5.91 Å². The van der Waals surface area contributed by atoms with Crippen LogP contribution in [0.1, 0.15) is 29.8 Å². The van der Waals surface area contributed by atoms with Gasteiger partial charge in [-0.1, -0.05) is 19.1 Å². The number of carbonyl (C=O) groups excluding carboxylic acids is 1. The molecule has 138 valence electrons. The monoisotopic (exact) mass is 361 g/mol. The molecule has 1 amide bonds. The second kappa shape index (κ2) is 8.85. The molecular formula is C22H23N3O2. The minimum Gasteiger partial charge on any atom is -0.494 e. The molecule has 2 N–H and O–H groups in total. The van der Waals surface area contributed by atoms with Gasteiger partial charge in [-0.2, -0.15) is 0 Å². The summed E-state index contributed by atoms with van der Waals surface area (Å²) in [5.41, 5.74) is 4.13. The SMILES string of the molecule is CCOc1ccc(Nc2cncc(C(=O)Nc3ccc(CC)cc3)c2)cc1. The van der Waals surface area contributed by atoms with E-state index in [0.717, 1.165) is 29.2 Å². The first-order valence-corrected chi connectivity index (χ1v) is 9.03. The van der Waals surface area contributed by atoms with Crippen molar-refractivity contribution in [1.29, 1.82) is 0 Å². The van der Waals surface area contributed by atoms with Gasteiger partial charge in [-0.3, -0.25) is 9.78 Å². The molecular weight excluding hydrogens is 338 g/mol. The van der Waals surface area contributed by atoms with E-state index in [9.17, 15) is 4.79 Å². The largest absolute Gasteiger partial charge is 0.494 e. The highest BCUT2D eigenvalue weighted by Crippen LogP contribution is 2.21. The van der Waals surface area contributed by atoms with Crippen molar-refractivity contribution in [2.75, 3.05) is 17.2 Å². The Morgan fingerprint density at radius 3 is 2.30 bits per heavy atom. The molecule has 1 aromatic heterocycles. The number of pyridine rings is 1. The van der Waals surface area contributed by atoms with Gasteiger partial charge in [0.1, 0.15) is 5.75 Å². The first kappa shape index (κ1) is 18.5. The molecule has 3 rings (SSSR count). The summed E-state index contributed by atoms with van der Waals surface area (Å²) in [6, 6.07) is 17.3. The highest BCUT2D eigenvalue weighted by molar-refractivity contribution is 6.04. The summed E-state index contributed by atoms with van der Waals surface area (Å²) < 4.78 is 5.44. The fourth-order valence-electron chi connectivity index (χ4n) is 2.63. The third kappa shape index (κ3) is 5.07. The van der Waals surface area contributed by atoms with E-state index >= 15 is 0 Å². The summed E-state index contributed by atoms with van der Waals surface area (Å²) in [7, 11) is 0. The van der Waals surface area contributed by atoms with Crippen LogP contribution in [0.3, 0.4) is 0 Å². The molecule has 27 heavy (non-hydrogen) atoms. The molecule has 0 aliphatic heterocycles. The number of rotatable bonds is 7. The van der Waals surface area contributed by atoms with E-state index in [2.05, 4.69) is 22.5 Å². The second-order valence-electron chi connectivity index (χ2n) is 6.05. The number of aromatic nitrogens is 1. The van der Waals surface area contributed by atoms with Crippen LogP contribution in [0.2, 0.25) is 0 Å². The van der Waals surface area contributed by atoms with Crippen LogP contribution in [-0.2, 0) is 6.42 Å². The van der Waals surface area contributed by atoms with E-state index < -0.39 is 0 Å². The van der Waals surface area contributed by atoms with E-state index in [1.807, 2.05) is 55.5 Å². The van der Waals surface area contributed by atoms with Gasteiger partial charge in [0.2, 0.25) is 0 Å². The van der Waals surface area contributed by atoms with Crippen molar-refractivity contribution >= 4 is 23.0 Å². The van der Waals surface area contributed by atoms with Crippen molar-refractivity contribution in [3.05, 3.63) is 78.1 Å². The van der Waals surface area contributed by atoms with Crippen molar-refractivity contribution < 1.29 is 9.53 Å². The summed E-state index contributed by atoms with van der Waals surface area (Å²) in [5, 5.41) is 6.15. The van der Waals surface area contributed by atoms with Gasteiger partial charge in [0.15, 0.2) is 0 Å². The number of hydrogen-bond donors (Lipinski definition) is 2. The van der Waals surface area contributed by atoms with Crippen LogP contribution in [-0.4, -0.2) is 17.5 Å². The van der Waals surface area contributed by atoms with Gasteiger partial charge in [-0.25, -0.2) is 0 Å². The average Bonchev–Trinajstić information content (AvgIpc) is 2.70. The number of anilines is 3. The number of amides is 1. The molecule has 3 aromatic rings. The smallest absolute Gasteiger partial charge is 0.257 e. The Morgan fingerprint density at radius 1 is 0.926 bits per heavy atom. The van der Waals surface area contributed by atoms with Crippen LogP contribution < -0.4 is 15.4 Å². The first-order chi connectivity index (χ1) is 13.2. The van der Waals surface area contributed by atoms with Crippen LogP contribution in [0.5, 0.6) is 5.75 Å². The highest BCUT2D eigenvalue weighted by Gasteiger charge is 2.08. The summed E-state index contributed by atoms with van der Waals surface area (Å²) in [6.07, 6.45) is 4.21. The summed E-state index contributed by atoms with van der Waals surface area (Å²) in [5.74, 6) is 0.630. The molecule has 0 aliphatic rings. The van der Waals surface area contributed by atoms with E-state index in [4.69, 9.17) is 4.74 Å². The third-order valence-electron chi connectivity index (χ3n) is 4.07. The Balaban J connectivity index is 1.67. The molecule has 0 unspecified atom stereocenters. The normalized spacial score (nSPS) is 10.3. The van der Waals surface area contributed by atoms with E-state index in [0.29, 0.717) is 12.2 Å². The molecule has 0 fully saturated rings. The van der Waals surface area contributed by atoms with Crippen molar-refractivity contribution in [3.63, 3.8) is 0 Å². The molecule has 0 radical (unpaired) electrons. The van der Waals surface area contributed by atoms with Gasteiger partial charge >= 0.3 is 0 Å².